The van der Waals surface area contributed by atoms with Crippen molar-refractivity contribution in [2.45, 2.75) is 51.4 Å². The highest BCUT2D eigenvalue weighted by molar-refractivity contribution is 5.89. The number of fused-ring (bicyclic) bond motifs is 2. The highest BCUT2D eigenvalue weighted by atomic mass is 16.4. The minimum atomic E-state index is -1.02. The molecule has 52 heavy (non-hydrogen) atoms. The Balaban J connectivity index is 1.20. The zero-order valence-electron chi connectivity index (χ0n) is 29.3. The maximum absolute atomic E-state index is 11.6. The van der Waals surface area contributed by atoms with Gasteiger partial charge in [0, 0.05) is 56.4 Å². The van der Waals surface area contributed by atoms with Crippen molar-refractivity contribution in [2.75, 3.05) is 31.5 Å². The van der Waals surface area contributed by atoms with Gasteiger partial charge < -0.3 is 19.9 Å². The molecule has 4 atom stereocenters. The number of benzene rings is 2. The fraction of sp³-hybridized carbons (Fsp3) is 0.341. The molecule has 0 bridgehead atoms. The van der Waals surface area contributed by atoms with Gasteiger partial charge in [0.2, 0.25) is 5.89 Å². The number of carboxylic acids is 1. The summed E-state index contributed by atoms with van der Waals surface area (Å²) in [7, 11) is 0. The molecule has 0 spiro atoms. The fourth-order valence-electron chi connectivity index (χ4n) is 8.09. The zero-order valence-corrected chi connectivity index (χ0v) is 29.3. The van der Waals surface area contributed by atoms with Gasteiger partial charge in [0.1, 0.15) is 22.6 Å². The summed E-state index contributed by atoms with van der Waals surface area (Å²) in [6, 6.07) is 18.5. The number of aryl methyl sites for hydroxylation is 1. The van der Waals surface area contributed by atoms with Crippen molar-refractivity contribution in [3.05, 3.63) is 113 Å². The molecule has 0 saturated carbocycles. The number of hydrogen-bond acceptors (Lipinski definition) is 10. The van der Waals surface area contributed by atoms with Crippen molar-refractivity contribution >= 4 is 39.4 Å². The van der Waals surface area contributed by atoms with Crippen LogP contribution < -0.4 is 5.32 Å². The van der Waals surface area contributed by atoms with Crippen LogP contribution in [0.3, 0.4) is 0 Å². The van der Waals surface area contributed by atoms with Crippen molar-refractivity contribution in [1.82, 2.24) is 24.8 Å². The topological polar surface area (TPSA) is 152 Å². The number of hydrogen-bond donors (Lipinski definition) is 3. The van der Waals surface area contributed by atoms with Gasteiger partial charge >= 0.3 is 5.97 Å². The molecule has 2 aliphatic heterocycles. The minimum absolute atomic E-state index is 0.202. The molecule has 0 radical (unpaired) electrons. The van der Waals surface area contributed by atoms with Crippen LogP contribution in [-0.2, 0) is 23.4 Å². The maximum Gasteiger partial charge on any atom is 0.307 e. The molecule has 3 aromatic heterocycles. The third-order valence-electron chi connectivity index (χ3n) is 10.9. The Kier molecular flexibility index (Phi) is 8.83. The van der Waals surface area contributed by atoms with E-state index < -0.39 is 11.5 Å². The van der Waals surface area contributed by atoms with E-state index in [1.54, 1.807) is 6.20 Å². The summed E-state index contributed by atoms with van der Waals surface area (Å²) >= 11 is 0. The van der Waals surface area contributed by atoms with Gasteiger partial charge in [0.25, 0.3) is 0 Å². The summed E-state index contributed by atoms with van der Waals surface area (Å²) in [5, 5.41) is 34.5. The van der Waals surface area contributed by atoms with Crippen LogP contribution in [0.25, 0.3) is 27.6 Å². The average molecular weight is 696 g/mol. The standard InChI is InChI=1S/C41H41N7O4/c1-25-6-3-4-7-33(25)34-8-5-12-41(26(34)2,46-38-36-29(9-13-43-38)17-28(20-44-36)22-48-15-11-32(49)24-48)40-45-35-18-27(16-31(19-42)37(35)52-40)21-47-14-10-30(23-47)39(50)51/h3-9,12-13,16-18,20,26,30,32,49H,10-11,14-15,21-24H2,1-2H3,(H,43,46)(H,50,51)/t26?,30-,32-,41?/m1/s1. The van der Waals surface area contributed by atoms with Gasteiger partial charge in [-0.3, -0.25) is 19.6 Å². The highest BCUT2D eigenvalue weighted by Crippen LogP contribution is 2.46. The van der Waals surface area contributed by atoms with E-state index in [-0.39, 0.29) is 17.9 Å². The number of likely N-dealkylation sites (tertiary alicyclic amines) is 2. The van der Waals surface area contributed by atoms with Crippen LogP contribution in [0.1, 0.15) is 53.5 Å². The van der Waals surface area contributed by atoms with E-state index >= 15 is 0 Å². The van der Waals surface area contributed by atoms with Gasteiger partial charge in [-0.1, -0.05) is 43.3 Å². The zero-order chi connectivity index (χ0) is 36.0. The third kappa shape index (κ3) is 6.23. The Morgan fingerprint density at radius 3 is 2.65 bits per heavy atom. The number of rotatable bonds is 9. The molecule has 264 valence electrons. The summed E-state index contributed by atoms with van der Waals surface area (Å²) < 4.78 is 6.64. The molecule has 1 aliphatic carbocycles. The molecular formula is C41H41N7O4. The van der Waals surface area contributed by atoms with E-state index in [0.29, 0.717) is 73.0 Å². The van der Waals surface area contributed by atoms with E-state index in [1.807, 2.05) is 42.6 Å². The molecular weight excluding hydrogens is 654 g/mol. The van der Waals surface area contributed by atoms with Crippen LogP contribution in [0.5, 0.6) is 0 Å². The van der Waals surface area contributed by atoms with Crippen molar-refractivity contribution < 1.29 is 19.4 Å². The number of nitrogens with zero attached hydrogens (tertiary/aromatic N) is 6. The average Bonchev–Trinajstić information content (AvgIpc) is 3.90. The first kappa shape index (κ1) is 33.7. The Hall–Kier alpha value is -5.41. The number of oxazole rings is 1. The molecule has 2 saturated heterocycles. The predicted molar refractivity (Wildman–Crippen MR) is 198 cm³/mol. The lowest BCUT2D eigenvalue weighted by atomic mass is 9.73. The second-order valence-electron chi connectivity index (χ2n) is 14.4. The number of allylic oxidation sites excluding steroid dienone is 2. The Bertz CT molecular complexity index is 2290. The number of aliphatic carboxylic acids is 1. The fourth-order valence-corrected chi connectivity index (χ4v) is 8.09. The first-order chi connectivity index (χ1) is 25.2. The van der Waals surface area contributed by atoms with Crippen LogP contribution in [0.2, 0.25) is 0 Å². The molecule has 11 heteroatoms. The number of carbonyl (C=O) groups is 1. The molecule has 3 N–H and O–H groups in total. The van der Waals surface area contributed by atoms with E-state index in [0.717, 1.165) is 46.2 Å². The predicted octanol–water partition coefficient (Wildman–Crippen LogP) is 6.02. The molecule has 11 nitrogen and oxygen atoms in total. The largest absolute Gasteiger partial charge is 0.481 e. The monoisotopic (exact) mass is 695 g/mol. The number of β-amino-alcohol motifs (C(OH)–C–C–N with tert-alkyl or cyclic N) is 1. The van der Waals surface area contributed by atoms with Crippen molar-refractivity contribution in [1.29, 1.82) is 5.26 Å². The lowest BCUT2D eigenvalue weighted by Crippen LogP contribution is -2.42. The number of aliphatic hydroxyl groups is 1. The quantitative estimate of drug-likeness (QED) is 0.166. The van der Waals surface area contributed by atoms with E-state index in [4.69, 9.17) is 19.4 Å². The van der Waals surface area contributed by atoms with E-state index in [2.05, 4.69) is 65.4 Å². The Labute approximate surface area is 301 Å². The summed E-state index contributed by atoms with van der Waals surface area (Å²) in [6.07, 6.45) is 11.0. The van der Waals surface area contributed by atoms with Crippen LogP contribution in [0, 0.1) is 30.1 Å². The number of aliphatic hydroxyl groups excluding tert-OH is 1. The van der Waals surface area contributed by atoms with Crippen LogP contribution in [0.15, 0.2) is 83.6 Å². The van der Waals surface area contributed by atoms with Crippen LogP contribution in [0.4, 0.5) is 5.82 Å². The number of anilines is 1. The van der Waals surface area contributed by atoms with Gasteiger partial charge in [-0.05, 0) is 84.5 Å². The molecule has 2 aromatic carbocycles. The summed E-state index contributed by atoms with van der Waals surface area (Å²) in [5.41, 5.74) is 6.34. The molecule has 8 rings (SSSR count). The SMILES string of the molecule is Cc1ccccc1C1=CC=CC(Nc2nccc3cc(CN4CC[C@@H](O)C4)cnc23)(c2nc3cc(CN4CC[C@@H](C(=O)O)C4)cc(C#N)c3o2)C1C. The van der Waals surface area contributed by atoms with Crippen LogP contribution >= 0.6 is 0 Å². The first-order valence-corrected chi connectivity index (χ1v) is 17.9. The molecule has 2 fully saturated rings. The lowest BCUT2D eigenvalue weighted by Gasteiger charge is -2.39. The Morgan fingerprint density at radius 1 is 1.08 bits per heavy atom. The summed E-state index contributed by atoms with van der Waals surface area (Å²) in [5.74, 6) is -0.390. The number of nitrogens with one attached hydrogen (secondary N) is 1. The first-order valence-electron chi connectivity index (χ1n) is 17.9. The number of aromatic nitrogens is 3. The van der Waals surface area contributed by atoms with Gasteiger partial charge in [0.05, 0.1) is 17.6 Å². The van der Waals surface area contributed by atoms with Gasteiger partial charge in [0.15, 0.2) is 11.4 Å². The molecule has 5 aromatic rings. The number of nitriles is 1. The van der Waals surface area contributed by atoms with Gasteiger partial charge in [-0.15, -0.1) is 0 Å². The molecule has 5 heterocycles. The minimum Gasteiger partial charge on any atom is -0.481 e. The smallest absolute Gasteiger partial charge is 0.307 e. The van der Waals surface area contributed by atoms with Gasteiger partial charge in [-0.2, -0.15) is 5.26 Å². The number of pyridine rings is 2. The van der Waals surface area contributed by atoms with Gasteiger partial charge in [-0.25, -0.2) is 9.97 Å². The maximum atomic E-state index is 11.6. The molecule has 2 unspecified atom stereocenters. The highest BCUT2D eigenvalue weighted by Gasteiger charge is 2.45. The normalized spacial score (nSPS) is 23.7. The Morgan fingerprint density at radius 2 is 1.88 bits per heavy atom. The summed E-state index contributed by atoms with van der Waals surface area (Å²) in [6.45, 7) is 8.14. The van der Waals surface area contributed by atoms with Crippen LogP contribution in [-0.4, -0.2) is 73.2 Å². The second-order valence-corrected chi connectivity index (χ2v) is 14.4. The van der Waals surface area contributed by atoms with Crippen molar-refractivity contribution in [3.8, 4) is 6.07 Å². The lowest BCUT2D eigenvalue weighted by molar-refractivity contribution is -0.141. The second kappa shape index (κ2) is 13.6. The number of carboxylic acid groups (broad SMARTS) is 1. The van der Waals surface area contributed by atoms with Crippen molar-refractivity contribution in [2.24, 2.45) is 11.8 Å². The molecule has 0 amide bonds. The van der Waals surface area contributed by atoms with Crippen molar-refractivity contribution in [3.63, 3.8) is 0 Å². The van der Waals surface area contributed by atoms with E-state index in [9.17, 15) is 20.3 Å². The summed E-state index contributed by atoms with van der Waals surface area (Å²) in [4.78, 5) is 30.7. The molecule has 3 aliphatic rings. The third-order valence-corrected chi connectivity index (χ3v) is 10.9. The van der Waals surface area contributed by atoms with E-state index in [1.165, 1.54) is 0 Å².